The molecular formula is C14H26N2O4. The minimum Gasteiger partial charge on any atom is -0.480 e. The summed E-state index contributed by atoms with van der Waals surface area (Å²) < 4.78 is 0. The molecule has 0 radical (unpaired) electrons. The molecule has 0 aromatic rings. The molecule has 116 valence electrons. The summed E-state index contributed by atoms with van der Waals surface area (Å²) >= 11 is 0. The minimum atomic E-state index is -1.03. The molecule has 1 aliphatic heterocycles. The lowest BCUT2D eigenvalue weighted by Gasteiger charge is -2.38. The van der Waals surface area contributed by atoms with E-state index in [2.05, 4.69) is 6.92 Å². The van der Waals surface area contributed by atoms with Crippen LogP contribution in [0, 0.1) is 0 Å². The van der Waals surface area contributed by atoms with Crippen LogP contribution in [0.15, 0.2) is 0 Å². The molecule has 6 heteroatoms. The fourth-order valence-corrected chi connectivity index (χ4v) is 2.59. The molecule has 1 atom stereocenters. The van der Waals surface area contributed by atoms with Gasteiger partial charge in [0.05, 0.1) is 6.54 Å². The van der Waals surface area contributed by atoms with Gasteiger partial charge in [0.25, 0.3) is 0 Å². The lowest BCUT2D eigenvalue weighted by atomic mass is 10.1. The number of nitrogens with zero attached hydrogens (tertiary/aromatic N) is 2. The van der Waals surface area contributed by atoms with E-state index in [0.717, 1.165) is 19.4 Å². The van der Waals surface area contributed by atoms with Crippen LogP contribution in [0.25, 0.3) is 0 Å². The summed E-state index contributed by atoms with van der Waals surface area (Å²) in [4.78, 5) is 25.2. The number of carboxylic acids is 1. The molecule has 1 heterocycles. The predicted molar refractivity (Wildman–Crippen MR) is 76.0 cm³/mol. The molecule has 0 aromatic heterocycles. The van der Waals surface area contributed by atoms with Gasteiger partial charge in [0.1, 0.15) is 6.04 Å². The SMILES string of the molecule is CCCCCCCCN1CCN(C(=O)O)C[C@H]1C(=O)O. The molecule has 0 spiro atoms. The highest BCUT2D eigenvalue weighted by Crippen LogP contribution is 2.13. The number of carboxylic acid groups (broad SMARTS) is 2. The molecule has 2 N–H and O–H groups in total. The van der Waals surface area contributed by atoms with Gasteiger partial charge in [0, 0.05) is 13.1 Å². The van der Waals surface area contributed by atoms with Crippen LogP contribution in [0.3, 0.4) is 0 Å². The molecule has 1 rings (SSSR count). The average molecular weight is 286 g/mol. The summed E-state index contributed by atoms with van der Waals surface area (Å²) in [5.41, 5.74) is 0. The molecule has 0 aromatic carbocycles. The second-order valence-electron chi connectivity index (χ2n) is 5.39. The van der Waals surface area contributed by atoms with Crippen molar-refractivity contribution in [1.29, 1.82) is 0 Å². The van der Waals surface area contributed by atoms with Crippen LogP contribution in [0.2, 0.25) is 0 Å². The van der Waals surface area contributed by atoms with Crippen LogP contribution >= 0.6 is 0 Å². The molecule has 1 saturated heterocycles. The number of amides is 1. The van der Waals surface area contributed by atoms with E-state index in [1.54, 1.807) is 0 Å². The van der Waals surface area contributed by atoms with Gasteiger partial charge in [-0.25, -0.2) is 4.79 Å². The zero-order chi connectivity index (χ0) is 15.0. The molecule has 1 amide bonds. The van der Waals surface area contributed by atoms with E-state index >= 15 is 0 Å². The summed E-state index contributed by atoms with van der Waals surface area (Å²) in [7, 11) is 0. The predicted octanol–water partition coefficient (Wildman–Crippen LogP) is 2.10. The van der Waals surface area contributed by atoms with Gasteiger partial charge in [-0.3, -0.25) is 9.69 Å². The summed E-state index contributed by atoms with van der Waals surface area (Å²) in [6.07, 6.45) is 5.99. The Morgan fingerprint density at radius 3 is 2.30 bits per heavy atom. The average Bonchev–Trinajstić information content (AvgIpc) is 2.42. The number of hydrogen-bond donors (Lipinski definition) is 2. The first kappa shape index (κ1) is 16.8. The van der Waals surface area contributed by atoms with Gasteiger partial charge in [0.15, 0.2) is 0 Å². The maximum Gasteiger partial charge on any atom is 0.407 e. The van der Waals surface area contributed by atoms with Crippen LogP contribution < -0.4 is 0 Å². The first-order valence-electron chi connectivity index (χ1n) is 7.51. The second-order valence-corrected chi connectivity index (χ2v) is 5.39. The summed E-state index contributed by atoms with van der Waals surface area (Å²) in [6, 6.07) is -0.699. The Morgan fingerprint density at radius 1 is 1.05 bits per heavy atom. The lowest BCUT2D eigenvalue weighted by molar-refractivity contribution is -0.145. The van der Waals surface area contributed by atoms with Crippen LogP contribution in [0.4, 0.5) is 4.79 Å². The van der Waals surface area contributed by atoms with Gasteiger partial charge in [-0.2, -0.15) is 0 Å². The molecule has 20 heavy (non-hydrogen) atoms. The van der Waals surface area contributed by atoms with Crippen molar-refractivity contribution >= 4 is 12.1 Å². The van der Waals surface area contributed by atoms with E-state index in [1.165, 1.54) is 30.6 Å². The van der Waals surface area contributed by atoms with Gasteiger partial charge in [0.2, 0.25) is 0 Å². The second kappa shape index (κ2) is 8.79. The summed E-state index contributed by atoms with van der Waals surface area (Å²) in [5, 5.41) is 18.2. The third kappa shape index (κ3) is 5.36. The molecule has 1 fully saturated rings. The lowest BCUT2D eigenvalue weighted by Crippen LogP contribution is -2.57. The monoisotopic (exact) mass is 286 g/mol. The standard InChI is InChI=1S/C14H26N2O4/c1-2-3-4-5-6-7-8-15-9-10-16(14(19)20)11-12(15)13(17)18/h12H,2-11H2,1H3,(H,17,18)(H,19,20)/t12-/m0/s1. The first-order valence-corrected chi connectivity index (χ1v) is 7.51. The first-order chi connectivity index (χ1) is 9.56. The van der Waals surface area contributed by atoms with Crippen molar-refractivity contribution in [2.75, 3.05) is 26.2 Å². The van der Waals surface area contributed by atoms with Crippen molar-refractivity contribution in [3.8, 4) is 0 Å². The zero-order valence-corrected chi connectivity index (χ0v) is 12.3. The van der Waals surface area contributed by atoms with E-state index in [4.69, 9.17) is 5.11 Å². The molecule has 6 nitrogen and oxygen atoms in total. The number of rotatable bonds is 8. The Bertz CT molecular complexity index is 322. The summed E-state index contributed by atoms with van der Waals surface area (Å²) in [5.74, 6) is -0.929. The van der Waals surface area contributed by atoms with Gasteiger partial charge in [-0.05, 0) is 13.0 Å². The molecule has 0 bridgehead atoms. The highest BCUT2D eigenvalue weighted by Gasteiger charge is 2.33. The third-order valence-corrected chi connectivity index (χ3v) is 3.85. The Balaban J connectivity index is 2.33. The van der Waals surface area contributed by atoms with E-state index in [-0.39, 0.29) is 6.54 Å². The van der Waals surface area contributed by atoms with Crippen LogP contribution in [-0.4, -0.2) is 64.3 Å². The molecule has 0 unspecified atom stereocenters. The number of unbranched alkanes of at least 4 members (excludes halogenated alkanes) is 5. The Labute approximate surface area is 120 Å². The van der Waals surface area contributed by atoms with E-state index in [1.807, 2.05) is 4.90 Å². The third-order valence-electron chi connectivity index (χ3n) is 3.85. The number of hydrogen-bond acceptors (Lipinski definition) is 3. The minimum absolute atomic E-state index is 0.0699. The number of piperazine rings is 1. The molecule has 1 aliphatic rings. The van der Waals surface area contributed by atoms with Crippen LogP contribution in [0.5, 0.6) is 0 Å². The maximum absolute atomic E-state index is 11.2. The number of carbonyl (C=O) groups is 2. The summed E-state index contributed by atoms with van der Waals surface area (Å²) in [6.45, 7) is 3.91. The van der Waals surface area contributed by atoms with Gasteiger partial charge < -0.3 is 15.1 Å². The van der Waals surface area contributed by atoms with E-state index in [9.17, 15) is 14.7 Å². The topological polar surface area (TPSA) is 81.1 Å². The quantitative estimate of drug-likeness (QED) is 0.668. The van der Waals surface area contributed by atoms with Crippen molar-refractivity contribution < 1.29 is 19.8 Å². The molecule has 0 saturated carbocycles. The van der Waals surface area contributed by atoms with Crippen molar-refractivity contribution in [2.45, 2.75) is 51.5 Å². The van der Waals surface area contributed by atoms with E-state index < -0.39 is 18.1 Å². The Morgan fingerprint density at radius 2 is 1.70 bits per heavy atom. The van der Waals surface area contributed by atoms with Crippen molar-refractivity contribution in [3.63, 3.8) is 0 Å². The zero-order valence-electron chi connectivity index (χ0n) is 12.3. The fourth-order valence-electron chi connectivity index (χ4n) is 2.59. The largest absolute Gasteiger partial charge is 0.480 e. The van der Waals surface area contributed by atoms with E-state index in [0.29, 0.717) is 13.1 Å². The smallest absolute Gasteiger partial charge is 0.407 e. The Kier molecular flexibility index (Phi) is 7.36. The van der Waals surface area contributed by atoms with Crippen molar-refractivity contribution in [3.05, 3.63) is 0 Å². The molecule has 0 aliphatic carbocycles. The molecular weight excluding hydrogens is 260 g/mol. The highest BCUT2D eigenvalue weighted by molar-refractivity contribution is 5.75. The van der Waals surface area contributed by atoms with Gasteiger partial charge >= 0.3 is 12.1 Å². The number of aliphatic carboxylic acids is 1. The Hall–Kier alpha value is -1.30. The van der Waals surface area contributed by atoms with Crippen molar-refractivity contribution in [1.82, 2.24) is 9.80 Å². The van der Waals surface area contributed by atoms with Crippen LogP contribution in [0.1, 0.15) is 45.4 Å². The normalized spacial score (nSPS) is 20.1. The van der Waals surface area contributed by atoms with Crippen LogP contribution in [-0.2, 0) is 4.79 Å². The van der Waals surface area contributed by atoms with Gasteiger partial charge in [-0.1, -0.05) is 39.0 Å². The maximum atomic E-state index is 11.2. The highest BCUT2D eigenvalue weighted by atomic mass is 16.4. The van der Waals surface area contributed by atoms with Crippen molar-refractivity contribution in [2.24, 2.45) is 0 Å². The van der Waals surface area contributed by atoms with Gasteiger partial charge in [-0.15, -0.1) is 0 Å². The fraction of sp³-hybridized carbons (Fsp3) is 0.857.